The third kappa shape index (κ3) is 7.03. The summed E-state index contributed by atoms with van der Waals surface area (Å²) >= 11 is 0. The first kappa shape index (κ1) is 22.0. The van der Waals surface area contributed by atoms with Crippen LogP contribution in [0.3, 0.4) is 0 Å². The lowest BCUT2D eigenvalue weighted by Crippen LogP contribution is -2.42. The molecule has 0 spiro atoms. The summed E-state index contributed by atoms with van der Waals surface area (Å²) in [6.07, 6.45) is 5.59. The number of benzene rings is 1. The van der Waals surface area contributed by atoms with Gasteiger partial charge in [-0.25, -0.2) is 0 Å². The fourth-order valence-electron chi connectivity index (χ4n) is 4.24. The lowest BCUT2D eigenvalue weighted by molar-refractivity contribution is -0.128. The SMILES string of the molecule is CC(C)(C)CC(C)(C)N/C=C(/C#N)C(=O)N1CCC(Cc2ccccc2)CC1. The van der Waals surface area contributed by atoms with Gasteiger partial charge in [0.25, 0.3) is 5.91 Å². The zero-order valence-electron chi connectivity index (χ0n) is 18.1. The number of piperidine rings is 1. The van der Waals surface area contributed by atoms with Crippen molar-refractivity contribution in [1.82, 2.24) is 10.2 Å². The molecule has 0 radical (unpaired) electrons. The van der Waals surface area contributed by atoms with Crippen molar-refractivity contribution in [3.63, 3.8) is 0 Å². The van der Waals surface area contributed by atoms with Crippen molar-refractivity contribution in [3.8, 4) is 6.07 Å². The number of hydrogen-bond donors (Lipinski definition) is 1. The molecule has 4 nitrogen and oxygen atoms in total. The van der Waals surface area contributed by atoms with Crippen LogP contribution in [0.1, 0.15) is 59.4 Å². The van der Waals surface area contributed by atoms with E-state index in [9.17, 15) is 10.1 Å². The van der Waals surface area contributed by atoms with E-state index in [0.29, 0.717) is 5.92 Å². The maximum Gasteiger partial charge on any atom is 0.265 e. The second-order valence-electron chi connectivity index (χ2n) is 9.86. The minimum absolute atomic E-state index is 0.153. The molecule has 0 bridgehead atoms. The molecule has 1 heterocycles. The summed E-state index contributed by atoms with van der Waals surface area (Å²) in [7, 11) is 0. The maximum atomic E-state index is 12.8. The highest BCUT2D eigenvalue weighted by atomic mass is 16.2. The molecule has 0 aromatic heterocycles. The Morgan fingerprint density at radius 2 is 1.79 bits per heavy atom. The molecule has 1 aliphatic heterocycles. The first-order valence-electron chi connectivity index (χ1n) is 10.3. The van der Waals surface area contributed by atoms with Gasteiger partial charge in [0.2, 0.25) is 0 Å². The summed E-state index contributed by atoms with van der Waals surface area (Å²) in [6.45, 7) is 12.2. The van der Waals surface area contributed by atoms with Crippen LogP contribution in [0.2, 0.25) is 0 Å². The first-order chi connectivity index (χ1) is 13.1. The van der Waals surface area contributed by atoms with Gasteiger partial charge < -0.3 is 10.2 Å². The van der Waals surface area contributed by atoms with Gasteiger partial charge >= 0.3 is 0 Å². The average Bonchev–Trinajstić information content (AvgIpc) is 2.61. The van der Waals surface area contributed by atoms with Gasteiger partial charge in [-0.15, -0.1) is 0 Å². The zero-order chi connectivity index (χ0) is 20.8. The van der Waals surface area contributed by atoms with E-state index in [4.69, 9.17) is 0 Å². The largest absolute Gasteiger partial charge is 0.385 e. The second-order valence-corrected chi connectivity index (χ2v) is 9.86. The lowest BCUT2D eigenvalue weighted by atomic mass is 9.82. The van der Waals surface area contributed by atoms with E-state index in [-0.39, 0.29) is 22.4 Å². The average molecular weight is 382 g/mol. The molecular formula is C24H35N3O. The van der Waals surface area contributed by atoms with Crippen LogP contribution in [-0.2, 0) is 11.2 Å². The van der Waals surface area contributed by atoms with Crippen LogP contribution in [0.5, 0.6) is 0 Å². The fourth-order valence-corrected chi connectivity index (χ4v) is 4.24. The Morgan fingerprint density at radius 3 is 2.32 bits per heavy atom. The Hall–Kier alpha value is -2.28. The molecule has 1 aromatic carbocycles. The second kappa shape index (κ2) is 9.28. The number of amides is 1. The molecule has 1 amide bonds. The summed E-state index contributed by atoms with van der Waals surface area (Å²) in [6, 6.07) is 12.6. The normalized spacial score (nSPS) is 16.6. The Kier molecular flexibility index (Phi) is 7.29. The van der Waals surface area contributed by atoms with Gasteiger partial charge in [0.15, 0.2) is 0 Å². The van der Waals surface area contributed by atoms with E-state index in [1.165, 1.54) is 5.56 Å². The van der Waals surface area contributed by atoms with Crippen LogP contribution < -0.4 is 5.32 Å². The molecular weight excluding hydrogens is 346 g/mol. The number of rotatable bonds is 6. The number of nitrogens with one attached hydrogen (secondary N) is 1. The molecule has 1 aromatic rings. The number of carbonyl (C=O) groups is 1. The zero-order valence-corrected chi connectivity index (χ0v) is 18.1. The summed E-state index contributed by atoms with van der Waals surface area (Å²) in [5.41, 5.74) is 1.55. The van der Waals surface area contributed by atoms with Gasteiger partial charge in [-0.3, -0.25) is 4.79 Å². The van der Waals surface area contributed by atoms with Crippen LogP contribution >= 0.6 is 0 Å². The highest BCUT2D eigenvalue weighted by Crippen LogP contribution is 2.27. The minimum atomic E-state index is -0.177. The standard InChI is InChI=1S/C24H35N3O/c1-23(2,3)18-24(4,5)26-17-21(16-25)22(28)27-13-11-20(12-14-27)15-19-9-7-6-8-10-19/h6-10,17,20,26H,11-15,18H2,1-5H3/b21-17-. The lowest BCUT2D eigenvalue weighted by Gasteiger charge is -2.34. The van der Waals surface area contributed by atoms with Crippen molar-refractivity contribution < 1.29 is 4.79 Å². The maximum absolute atomic E-state index is 12.8. The van der Waals surface area contributed by atoms with Crippen LogP contribution in [0, 0.1) is 22.7 Å². The summed E-state index contributed by atoms with van der Waals surface area (Å²) in [4.78, 5) is 14.6. The van der Waals surface area contributed by atoms with Crippen molar-refractivity contribution in [2.24, 2.45) is 11.3 Å². The Balaban J connectivity index is 1.90. The molecule has 28 heavy (non-hydrogen) atoms. The molecule has 0 saturated carbocycles. The van der Waals surface area contributed by atoms with Gasteiger partial charge in [0.1, 0.15) is 11.6 Å². The Bertz CT molecular complexity index is 714. The van der Waals surface area contributed by atoms with E-state index in [2.05, 4.69) is 70.3 Å². The van der Waals surface area contributed by atoms with Crippen LogP contribution in [0.25, 0.3) is 0 Å². The fraction of sp³-hybridized carbons (Fsp3) is 0.583. The van der Waals surface area contributed by atoms with E-state index < -0.39 is 0 Å². The molecule has 1 N–H and O–H groups in total. The number of nitrogens with zero attached hydrogens (tertiary/aromatic N) is 2. The van der Waals surface area contributed by atoms with Crippen molar-refractivity contribution in [2.45, 2.75) is 65.8 Å². The predicted molar refractivity (Wildman–Crippen MR) is 114 cm³/mol. The molecule has 4 heteroatoms. The monoisotopic (exact) mass is 381 g/mol. The van der Waals surface area contributed by atoms with Gasteiger partial charge in [-0.05, 0) is 56.4 Å². The number of carbonyl (C=O) groups excluding carboxylic acids is 1. The van der Waals surface area contributed by atoms with Gasteiger partial charge in [-0.1, -0.05) is 51.1 Å². The van der Waals surface area contributed by atoms with Gasteiger partial charge in [0, 0.05) is 24.8 Å². The Morgan fingerprint density at radius 1 is 1.18 bits per heavy atom. The highest BCUT2D eigenvalue weighted by molar-refractivity contribution is 5.97. The summed E-state index contributed by atoms with van der Waals surface area (Å²) in [5, 5.41) is 12.8. The van der Waals surface area contributed by atoms with Crippen molar-refractivity contribution in [3.05, 3.63) is 47.7 Å². The van der Waals surface area contributed by atoms with E-state index in [0.717, 1.165) is 38.8 Å². The first-order valence-corrected chi connectivity index (χ1v) is 10.3. The number of nitriles is 1. The van der Waals surface area contributed by atoms with Crippen LogP contribution in [0.4, 0.5) is 0 Å². The molecule has 1 saturated heterocycles. The van der Waals surface area contributed by atoms with Gasteiger partial charge in [0.05, 0.1) is 0 Å². The van der Waals surface area contributed by atoms with Crippen molar-refractivity contribution >= 4 is 5.91 Å². The smallest absolute Gasteiger partial charge is 0.265 e. The molecule has 0 unspecified atom stereocenters. The molecule has 152 valence electrons. The molecule has 2 rings (SSSR count). The molecule has 0 aliphatic carbocycles. The van der Waals surface area contributed by atoms with Crippen LogP contribution in [-0.4, -0.2) is 29.4 Å². The highest BCUT2D eigenvalue weighted by Gasteiger charge is 2.27. The van der Waals surface area contributed by atoms with E-state index in [1.54, 1.807) is 6.20 Å². The quantitative estimate of drug-likeness (QED) is 0.575. The van der Waals surface area contributed by atoms with Crippen molar-refractivity contribution in [1.29, 1.82) is 5.26 Å². The van der Waals surface area contributed by atoms with E-state index in [1.807, 2.05) is 11.0 Å². The summed E-state index contributed by atoms with van der Waals surface area (Å²) in [5.74, 6) is 0.449. The Labute approximate surface area is 170 Å². The van der Waals surface area contributed by atoms with Crippen LogP contribution in [0.15, 0.2) is 42.1 Å². The predicted octanol–water partition coefficient (Wildman–Crippen LogP) is 4.68. The third-order valence-electron chi connectivity index (χ3n) is 5.20. The van der Waals surface area contributed by atoms with Crippen molar-refractivity contribution in [2.75, 3.05) is 13.1 Å². The molecule has 0 atom stereocenters. The number of hydrogen-bond acceptors (Lipinski definition) is 3. The topological polar surface area (TPSA) is 56.1 Å². The minimum Gasteiger partial charge on any atom is -0.385 e. The third-order valence-corrected chi connectivity index (χ3v) is 5.20. The summed E-state index contributed by atoms with van der Waals surface area (Å²) < 4.78 is 0. The molecule has 1 aliphatic rings. The van der Waals surface area contributed by atoms with Gasteiger partial charge in [-0.2, -0.15) is 5.26 Å². The molecule has 1 fully saturated rings. The van der Waals surface area contributed by atoms with E-state index >= 15 is 0 Å². The number of likely N-dealkylation sites (tertiary alicyclic amines) is 1.